The maximum atomic E-state index is 13.2. The minimum absolute atomic E-state index is 0.0799. The Labute approximate surface area is 170 Å². The van der Waals surface area contributed by atoms with E-state index in [1.165, 1.54) is 16.1 Å². The number of alkyl halides is 1. The highest BCUT2D eigenvalue weighted by molar-refractivity contribution is 9.08. The molecule has 1 atom stereocenters. The average Bonchev–Trinajstić information content (AvgIpc) is 3.08. The van der Waals surface area contributed by atoms with Gasteiger partial charge < -0.3 is 4.57 Å². The highest BCUT2D eigenvalue weighted by atomic mass is 79.9. The van der Waals surface area contributed by atoms with Gasteiger partial charge in [-0.1, -0.05) is 53.2 Å². The number of rotatable bonds is 7. The molecule has 2 heterocycles. The van der Waals surface area contributed by atoms with E-state index in [2.05, 4.69) is 20.9 Å². The van der Waals surface area contributed by atoms with Gasteiger partial charge in [-0.05, 0) is 25.8 Å². The van der Waals surface area contributed by atoms with Gasteiger partial charge in [0.15, 0.2) is 16.9 Å². The van der Waals surface area contributed by atoms with E-state index in [0.29, 0.717) is 41.8 Å². The molecular formula is C20H23BrN4O3. The van der Waals surface area contributed by atoms with Gasteiger partial charge in [0.1, 0.15) is 5.82 Å². The van der Waals surface area contributed by atoms with Gasteiger partial charge in [-0.25, -0.2) is 9.78 Å². The quantitative estimate of drug-likeness (QED) is 0.522. The molecule has 0 saturated carbocycles. The lowest BCUT2D eigenvalue weighted by Crippen LogP contribution is -2.41. The zero-order chi connectivity index (χ0) is 20.4. The van der Waals surface area contributed by atoms with Crippen molar-refractivity contribution in [2.45, 2.75) is 51.7 Å². The average molecular weight is 447 g/mol. The lowest BCUT2D eigenvalue weighted by Gasteiger charge is -2.15. The molecule has 0 aliphatic rings. The Hall–Kier alpha value is -2.48. The molecule has 0 amide bonds. The minimum atomic E-state index is -0.553. The van der Waals surface area contributed by atoms with Crippen molar-refractivity contribution >= 4 is 32.9 Å². The van der Waals surface area contributed by atoms with Gasteiger partial charge in [-0.3, -0.25) is 18.7 Å². The van der Waals surface area contributed by atoms with Crippen molar-refractivity contribution in [2.24, 2.45) is 0 Å². The number of ketones is 1. The van der Waals surface area contributed by atoms with E-state index in [1.807, 2.05) is 37.3 Å². The zero-order valence-electron chi connectivity index (χ0n) is 16.2. The maximum absolute atomic E-state index is 13.2. The molecule has 0 spiro atoms. The van der Waals surface area contributed by atoms with Gasteiger partial charge >= 0.3 is 5.69 Å². The van der Waals surface area contributed by atoms with E-state index in [4.69, 9.17) is 0 Å². The molecule has 3 aromatic rings. The van der Waals surface area contributed by atoms with Gasteiger partial charge in [0.2, 0.25) is 0 Å². The molecule has 0 saturated heterocycles. The second-order valence-electron chi connectivity index (χ2n) is 6.80. The molecule has 0 aliphatic carbocycles. The van der Waals surface area contributed by atoms with Crippen LogP contribution in [-0.4, -0.2) is 24.5 Å². The number of carbonyl (C=O) groups excluding carboxylic acids is 1. The molecular weight excluding hydrogens is 424 g/mol. The first-order valence-electron chi connectivity index (χ1n) is 9.25. The van der Waals surface area contributed by atoms with Crippen molar-refractivity contribution in [3.05, 3.63) is 62.6 Å². The molecule has 0 aliphatic heterocycles. The molecule has 0 radical (unpaired) electrons. The SMILES string of the molecule is CCCn1c(=O)c2c(nc(CBr)n2C(C)C(C)=O)n(Cc2ccccc2)c1=O. The number of carbonyl (C=O) groups is 1. The first-order valence-corrected chi connectivity index (χ1v) is 10.4. The Bertz CT molecular complexity index is 1130. The number of aromatic nitrogens is 4. The van der Waals surface area contributed by atoms with E-state index in [0.717, 1.165) is 5.56 Å². The summed E-state index contributed by atoms with van der Waals surface area (Å²) in [4.78, 5) is 42.9. The summed E-state index contributed by atoms with van der Waals surface area (Å²) in [5.41, 5.74) is 0.750. The van der Waals surface area contributed by atoms with Crippen LogP contribution in [0.1, 0.15) is 44.6 Å². The number of Topliss-reactive ketones (excluding diaryl/α,β-unsaturated/α-hetero) is 1. The highest BCUT2D eigenvalue weighted by Gasteiger charge is 2.25. The highest BCUT2D eigenvalue weighted by Crippen LogP contribution is 2.21. The summed E-state index contributed by atoms with van der Waals surface area (Å²) in [6.07, 6.45) is 0.647. The van der Waals surface area contributed by atoms with E-state index in [-0.39, 0.29) is 11.5 Å². The summed E-state index contributed by atoms with van der Waals surface area (Å²) >= 11 is 3.40. The molecule has 1 unspecified atom stereocenters. The van der Waals surface area contributed by atoms with Crippen molar-refractivity contribution in [1.82, 2.24) is 18.7 Å². The van der Waals surface area contributed by atoms with Crippen molar-refractivity contribution in [3.8, 4) is 0 Å². The molecule has 2 aromatic heterocycles. The van der Waals surface area contributed by atoms with Crippen LogP contribution in [-0.2, 0) is 23.2 Å². The molecule has 0 fully saturated rings. The number of benzene rings is 1. The van der Waals surface area contributed by atoms with Crippen LogP contribution in [0.25, 0.3) is 11.2 Å². The van der Waals surface area contributed by atoms with Gasteiger partial charge in [-0.15, -0.1) is 0 Å². The molecule has 7 nitrogen and oxygen atoms in total. The smallest absolute Gasteiger partial charge is 0.311 e. The first-order chi connectivity index (χ1) is 13.4. The second-order valence-corrected chi connectivity index (χ2v) is 7.36. The van der Waals surface area contributed by atoms with Crippen LogP contribution in [0.4, 0.5) is 0 Å². The van der Waals surface area contributed by atoms with Crippen LogP contribution < -0.4 is 11.2 Å². The fourth-order valence-electron chi connectivity index (χ4n) is 3.33. The standard InChI is InChI=1S/C20H23BrN4O3/c1-4-10-23-19(27)17-18(22-16(11-21)25(17)13(2)14(3)26)24(20(23)28)12-15-8-6-5-7-9-15/h5-9,13H,4,10-12H2,1-3H3. The lowest BCUT2D eigenvalue weighted by atomic mass is 10.2. The summed E-state index contributed by atoms with van der Waals surface area (Å²) < 4.78 is 4.42. The van der Waals surface area contributed by atoms with Crippen LogP contribution in [0.15, 0.2) is 39.9 Å². The Morgan fingerprint density at radius 1 is 1.18 bits per heavy atom. The van der Waals surface area contributed by atoms with Crippen molar-refractivity contribution < 1.29 is 4.79 Å². The molecule has 148 valence electrons. The number of hydrogen-bond donors (Lipinski definition) is 0. The van der Waals surface area contributed by atoms with Crippen LogP contribution >= 0.6 is 15.9 Å². The summed E-state index contributed by atoms with van der Waals surface area (Å²) in [7, 11) is 0. The third-order valence-electron chi connectivity index (χ3n) is 4.86. The van der Waals surface area contributed by atoms with Crippen molar-refractivity contribution in [2.75, 3.05) is 0 Å². The molecule has 3 rings (SSSR count). The predicted molar refractivity (Wildman–Crippen MR) is 112 cm³/mol. The van der Waals surface area contributed by atoms with Gasteiger partial charge in [0.05, 0.1) is 17.9 Å². The first kappa shape index (κ1) is 20.3. The van der Waals surface area contributed by atoms with Crippen LogP contribution in [0, 0.1) is 0 Å². The second kappa shape index (κ2) is 8.26. The molecule has 0 bridgehead atoms. The van der Waals surface area contributed by atoms with Gasteiger partial charge in [0.25, 0.3) is 5.56 Å². The third kappa shape index (κ3) is 3.48. The number of hydrogen-bond acceptors (Lipinski definition) is 4. The topological polar surface area (TPSA) is 78.9 Å². The monoisotopic (exact) mass is 446 g/mol. The van der Waals surface area contributed by atoms with Crippen LogP contribution in [0.5, 0.6) is 0 Å². The summed E-state index contributed by atoms with van der Waals surface area (Å²) in [5, 5.41) is 0.367. The number of imidazole rings is 1. The fourth-order valence-corrected chi connectivity index (χ4v) is 3.72. The summed E-state index contributed by atoms with van der Waals surface area (Å²) in [6.45, 7) is 5.75. The van der Waals surface area contributed by atoms with Gasteiger partial charge in [0, 0.05) is 6.54 Å². The van der Waals surface area contributed by atoms with Gasteiger partial charge in [-0.2, -0.15) is 0 Å². The third-order valence-corrected chi connectivity index (χ3v) is 5.36. The van der Waals surface area contributed by atoms with Crippen molar-refractivity contribution in [1.29, 1.82) is 0 Å². The molecule has 8 heteroatoms. The van der Waals surface area contributed by atoms with Crippen LogP contribution in [0.3, 0.4) is 0 Å². The fraction of sp³-hybridized carbons (Fsp3) is 0.400. The van der Waals surface area contributed by atoms with Crippen LogP contribution in [0.2, 0.25) is 0 Å². The van der Waals surface area contributed by atoms with Crippen molar-refractivity contribution in [3.63, 3.8) is 0 Å². The maximum Gasteiger partial charge on any atom is 0.333 e. The number of fused-ring (bicyclic) bond motifs is 1. The minimum Gasteiger partial charge on any atom is -0.311 e. The number of nitrogens with zero attached hydrogens (tertiary/aromatic N) is 4. The number of halogens is 1. The molecule has 28 heavy (non-hydrogen) atoms. The Kier molecular flexibility index (Phi) is 5.98. The van der Waals surface area contributed by atoms with E-state index in [9.17, 15) is 14.4 Å². The largest absolute Gasteiger partial charge is 0.333 e. The van der Waals surface area contributed by atoms with E-state index in [1.54, 1.807) is 11.5 Å². The lowest BCUT2D eigenvalue weighted by molar-refractivity contribution is -0.119. The summed E-state index contributed by atoms with van der Waals surface area (Å²) in [6, 6.07) is 9.01. The Morgan fingerprint density at radius 2 is 1.86 bits per heavy atom. The predicted octanol–water partition coefficient (Wildman–Crippen LogP) is 2.86. The normalized spacial score (nSPS) is 12.4. The molecule has 0 N–H and O–H groups in total. The van der Waals surface area contributed by atoms with E-state index >= 15 is 0 Å². The van der Waals surface area contributed by atoms with E-state index < -0.39 is 11.6 Å². The Balaban J connectivity index is 2.40. The summed E-state index contributed by atoms with van der Waals surface area (Å²) in [5.74, 6) is 0.467. The molecule has 1 aromatic carbocycles. The Morgan fingerprint density at radius 3 is 2.43 bits per heavy atom. The zero-order valence-corrected chi connectivity index (χ0v) is 17.8.